The van der Waals surface area contributed by atoms with Gasteiger partial charge in [-0.25, -0.2) is 4.98 Å². The second kappa shape index (κ2) is 5.18. The van der Waals surface area contributed by atoms with Crippen LogP contribution in [0.5, 0.6) is 0 Å². The molecule has 5 heteroatoms. The van der Waals surface area contributed by atoms with Crippen LogP contribution >= 0.6 is 11.6 Å². The number of nitrogens with zero attached hydrogens (tertiary/aromatic N) is 3. The van der Waals surface area contributed by atoms with Crippen molar-refractivity contribution < 1.29 is 0 Å². The first-order valence-electron chi connectivity index (χ1n) is 5.06. The number of hydrogen-bond acceptors (Lipinski definition) is 4. The van der Waals surface area contributed by atoms with Gasteiger partial charge in [0.15, 0.2) is 0 Å². The maximum absolute atomic E-state index is 8.92. The Kier molecular flexibility index (Phi) is 3.43. The number of halogens is 1. The van der Waals surface area contributed by atoms with E-state index in [0.29, 0.717) is 22.0 Å². The molecule has 1 heterocycles. The lowest BCUT2D eigenvalue weighted by Crippen LogP contribution is -1.93. The van der Waals surface area contributed by atoms with Crippen molar-refractivity contribution in [2.75, 3.05) is 5.32 Å². The zero-order valence-electron chi connectivity index (χ0n) is 9.18. The van der Waals surface area contributed by atoms with Crippen molar-refractivity contribution in [2.24, 2.45) is 0 Å². The van der Waals surface area contributed by atoms with Gasteiger partial charge in [0.25, 0.3) is 0 Å². The first kappa shape index (κ1) is 11.9. The molecule has 0 amide bonds. The summed E-state index contributed by atoms with van der Waals surface area (Å²) >= 11 is 5.77. The predicted octanol–water partition coefficient (Wildman–Crippen LogP) is 3.22. The third-order valence-corrected chi connectivity index (χ3v) is 2.48. The summed E-state index contributed by atoms with van der Waals surface area (Å²) in [5.41, 5.74) is 2.18. The number of nitrogens with one attached hydrogen (secondary N) is 1. The normalized spacial score (nSPS) is 9.28. The highest BCUT2D eigenvalue weighted by Gasteiger charge is 2.03. The molecule has 0 bridgehead atoms. The molecule has 2 aromatic rings. The third-order valence-electron chi connectivity index (χ3n) is 2.28. The van der Waals surface area contributed by atoms with Crippen molar-refractivity contribution in [1.29, 1.82) is 10.5 Å². The summed E-state index contributed by atoms with van der Waals surface area (Å²) in [5.74, 6) is 0. The van der Waals surface area contributed by atoms with E-state index in [1.54, 1.807) is 36.5 Å². The van der Waals surface area contributed by atoms with E-state index < -0.39 is 0 Å². The lowest BCUT2D eigenvalue weighted by atomic mass is 10.1. The van der Waals surface area contributed by atoms with E-state index in [9.17, 15) is 0 Å². The summed E-state index contributed by atoms with van der Waals surface area (Å²) in [6.07, 6.45) is 1.58. The molecule has 4 nitrogen and oxygen atoms in total. The fourth-order valence-corrected chi connectivity index (χ4v) is 1.63. The average molecular weight is 255 g/mol. The summed E-state index contributed by atoms with van der Waals surface area (Å²) in [6, 6.07) is 12.3. The largest absolute Gasteiger partial charge is 0.355 e. The van der Waals surface area contributed by atoms with Crippen LogP contribution in [0.3, 0.4) is 0 Å². The van der Waals surface area contributed by atoms with Crippen molar-refractivity contribution in [2.45, 2.75) is 0 Å². The minimum atomic E-state index is 0.336. The van der Waals surface area contributed by atoms with Gasteiger partial charge < -0.3 is 5.32 Å². The fourth-order valence-electron chi connectivity index (χ4n) is 1.46. The Labute approximate surface area is 109 Å². The number of benzene rings is 1. The summed E-state index contributed by atoms with van der Waals surface area (Å²) in [7, 11) is 0. The van der Waals surface area contributed by atoms with Crippen LogP contribution in [0.15, 0.2) is 36.5 Å². The van der Waals surface area contributed by atoms with Crippen LogP contribution < -0.4 is 5.32 Å². The number of anilines is 2. The van der Waals surface area contributed by atoms with Crippen molar-refractivity contribution in [3.63, 3.8) is 0 Å². The number of nitriles is 2. The van der Waals surface area contributed by atoms with Crippen LogP contribution in [0.1, 0.15) is 11.1 Å². The summed E-state index contributed by atoms with van der Waals surface area (Å²) in [4.78, 5) is 3.87. The molecule has 86 valence electrons. The lowest BCUT2D eigenvalue weighted by molar-refractivity contribution is 1.32. The number of hydrogen-bond donors (Lipinski definition) is 1. The van der Waals surface area contributed by atoms with Gasteiger partial charge in [0, 0.05) is 17.6 Å². The minimum absolute atomic E-state index is 0.336. The van der Waals surface area contributed by atoms with Crippen LogP contribution in [-0.4, -0.2) is 4.98 Å². The summed E-state index contributed by atoms with van der Waals surface area (Å²) < 4.78 is 0. The van der Waals surface area contributed by atoms with Gasteiger partial charge in [-0.1, -0.05) is 11.6 Å². The van der Waals surface area contributed by atoms with Crippen LogP contribution in [0.4, 0.5) is 11.4 Å². The van der Waals surface area contributed by atoms with E-state index in [0.717, 1.165) is 5.69 Å². The van der Waals surface area contributed by atoms with Gasteiger partial charge in [-0.15, -0.1) is 0 Å². The van der Waals surface area contributed by atoms with E-state index in [1.165, 1.54) is 0 Å². The van der Waals surface area contributed by atoms with Gasteiger partial charge in [-0.05, 0) is 30.3 Å². The van der Waals surface area contributed by atoms with Gasteiger partial charge in [-0.3, -0.25) is 0 Å². The van der Waals surface area contributed by atoms with Gasteiger partial charge in [0.1, 0.15) is 17.3 Å². The Morgan fingerprint density at radius 1 is 1.00 bits per heavy atom. The van der Waals surface area contributed by atoms with Crippen molar-refractivity contribution >= 4 is 23.0 Å². The van der Waals surface area contributed by atoms with Crippen LogP contribution in [0, 0.1) is 22.7 Å². The first-order valence-corrected chi connectivity index (χ1v) is 5.43. The Balaban J connectivity index is 2.31. The average Bonchev–Trinajstić information content (AvgIpc) is 2.38. The predicted molar refractivity (Wildman–Crippen MR) is 68.4 cm³/mol. The zero-order valence-corrected chi connectivity index (χ0v) is 9.94. The van der Waals surface area contributed by atoms with E-state index in [4.69, 9.17) is 22.1 Å². The Hall–Kier alpha value is -2.56. The summed E-state index contributed by atoms with van der Waals surface area (Å²) in [6.45, 7) is 0. The van der Waals surface area contributed by atoms with Crippen LogP contribution in [-0.2, 0) is 0 Å². The molecule has 0 aliphatic rings. The van der Waals surface area contributed by atoms with Gasteiger partial charge in [0.05, 0.1) is 11.1 Å². The number of aromatic nitrogens is 1. The topological polar surface area (TPSA) is 72.5 Å². The third kappa shape index (κ3) is 2.57. The SMILES string of the molecule is N#Cc1ccc(Nc2ccnc(Cl)c2)cc1C#N. The van der Waals surface area contributed by atoms with Crippen molar-refractivity contribution in [3.05, 3.63) is 52.8 Å². The molecular formula is C13H7ClN4. The highest BCUT2D eigenvalue weighted by atomic mass is 35.5. The summed E-state index contributed by atoms with van der Waals surface area (Å²) in [5, 5.41) is 21.2. The van der Waals surface area contributed by atoms with E-state index in [2.05, 4.69) is 10.3 Å². The van der Waals surface area contributed by atoms with Crippen LogP contribution in [0.2, 0.25) is 5.15 Å². The molecule has 18 heavy (non-hydrogen) atoms. The Bertz CT molecular complexity index is 667. The molecular weight excluding hydrogens is 248 g/mol. The molecule has 0 atom stereocenters. The quantitative estimate of drug-likeness (QED) is 0.835. The molecule has 0 spiro atoms. The molecule has 0 saturated heterocycles. The van der Waals surface area contributed by atoms with Crippen LogP contribution in [0.25, 0.3) is 0 Å². The molecule has 2 rings (SSSR count). The standard InChI is InChI=1S/C13H7ClN4/c14-13-6-12(3-4-17-13)18-11-2-1-9(7-15)10(5-11)8-16/h1-6H,(H,17,18). The highest BCUT2D eigenvalue weighted by molar-refractivity contribution is 6.29. The number of pyridine rings is 1. The Morgan fingerprint density at radius 2 is 1.72 bits per heavy atom. The fraction of sp³-hybridized carbons (Fsp3) is 0. The van der Waals surface area contributed by atoms with Gasteiger partial charge >= 0.3 is 0 Å². The second-order valence-corrected chi connectivity index (χ2v) is 3.86. The maximum atomic E-state index is 8.92. The number of rotatable bonds is 2. The highest BCUT2D eigenvalue weighted by Crippen LogP contribution is 2.20. The molecule has 1 aromatic carbocycles. The molecule has 0 saturated carbocycles. The molecule has 0 fully saturated rings. The molecule has 0 unspecified atom stereocenters. The smallest absolute Gasteiger partial charge is 0.131 e. The van der Waals surface area contributed by atoms with E-state index in [-0.39, 0.29) is 0 Å². The molecule has 1 N–H and O–H groups in total. The Morgan fingerprint density at radius 3 is 2.39 bits per heavy atom. The minimum Gasteiger partial charge on any atom is -0.355 e. The zero-order chi connectivity index (χ0) is 13.0. The maximum Gasteiger partial charge on any atom is 0.131 e. The second-order valence-electron chi connectivity index (χ2n) is 3.48. The van der Waals surface area contributed by atoms with Crippen molar-refractivity contribution in [3.8, 4) is 12.1 Å². The van der Waals surface area contributed by atoms with Gasteiger partial charge in [0.2, 0.25) is 0 Å². The molecule has 0 aliphatic heterocycles. The monoisotopic (exact) mass is 254 g/mol. The van der Waals surface area contributed by atoms with E-state index >= 15 is 0 Å². The first-order chi connectivity index (χ1) is 8.72. The van der Waals surface area contributed by atoms with Gasteiger partial charge in [-0.2, -0.15) is 10.5 Å². The van der Waals surface area contributed by atoms with E-state index in [1.807, 2.05) is 12.1 Å². The van der Waals surface area contributed by atoms with Crippen molar-refractivity contribution in [1.82, 2.24) is 4.98 Å². The molecule has 0 radical (unpaired) electrons. The lowest BCUT2D eigenvalue weighted by Gasteiger charge is -2.07. The molecule has 1 aromatic heterocycles. The molecule has 0 aliphatic carbocycles.